The van der Waals surface area contributed by atoms with Gasteiger partial charge in [-0.1, -0.05) is 13.8 Å². The van der Waals surface area contributed by atoms with E-state index in [9.17, 15) is 4.79 Å². The summed E-state index contributed by atoms with van der Waals surface area (Å²) in [6.45, 7) is 6.02. The average molecular weight is 160 g/mol. The summed E-state index contributed by atoms with van der Waals surface area (Å²) in [4.78, 5) is 10.5. The number of carbonyl (C=O) groups is 1. The minimum atomic E-state index is 0.302. The van der Waals surface area contributed by atoms with Crippen molar-refractivity contribution in [2.75, 3.05) is 5.75 Å². The lowest BCUT2D eigenvalue weighted by molar-refractivity contribution is -0.116. The summed E-state index contributed by atoms with van der Waals surface area (Å²) >= 11 is 1.88. The molecule has 2 heteroatoms. The first-order valence-electron chi connectivity index (χ1n) is 3.77. The number of rotatable bonds is 5. The van der Waals surface area contributed by atoms with Crippen LogP contribution >= 0.6 is 11.8 Å². The molecule has 1 nitrogen and oxygen atoms in total. The molecule has 0 saturated carbocycles. The molecule has 10 heavy (non-hydrogen) atoms. The highest BCUT2D eigenvalue weighted by molar-refractivity contribution is 7.99. The van der Waals surface area contributed by atoms with Crippen LogP contribution in [0.4, 0.5) is 0 Å². The second-order valence-electron chi connectivity index (χ2n) is 2.54. The fraction of sp³-hybridized carbons (Fsp3) is 0.875. The van der Waals surface area contributed by atoms with Crippen LogP contribution in [0.3, 0.4) is 0 Å². The van der Waals surface area contributed by atoms with Gasteiger partial charge in [0.1, 0.15) is 5.78 Å². The van der Waals surface area contributed by atoms with Gasteiger partial charge in [-0.05, 0) is 13.3 Å². The maximum atomic E-state index is 10.5. The van der Waals surface area contributed by atoms with E-state index in [-0.39, 0.29) is 0 Å². The molecule has 60 valence electrons. The van der Waals surface area contributed by atoms with Crippen LogP contribution in [0.15, 0.2) is 0 Å². The van der Waals surface area contributed by atoms with E-state index >= 15 is 0 Å². The Kier molecular flexibility index (Phi) is 5.79. The Morgan fingerprint density at radius 1 is 1.60 bits per heavy atom. The smallest absolute Gasteiger partial charge is 0.130 e. The molecule has 0 fully saturated rings. The summed E-state index contributed by atoms with van der Waals surface area (Å²) in [5.74, 6) is 1.29. The molecule has 0 aromatic rings. The molecule has 0 rings (SSSR count). The summed E-state index contributed by atoms with van der Waals surface area (Å²) in [5.41, 5.74) is 0. The van der Waals surface area contributed by atoms with Crippen LogP contribution in [-0.2, 0) is 4.79 Å². The number of hydrogen-bond acceptors (Lipinski definition) is 2. The van der Waals surface area contributed by atoms with Gasteiger partial charge in [0.05, 0.1) is 0 Å². The number of Topliss-reactive ketones (excluding diaryl/α,β-unsaturated/α-hetero) is 1. The molecule has 0 bridgehead atoms. The molecule has 1 atom stereocenters. The fourth-order valence-corrected chi connectivity index (χ4v) is 1.57. The van der Waals surface area contributed by atoms with Crippen molar-refractivity contribution >= 4 is 17.5 Å². The molecular weight excluding hydrogens is 144 g/mol. The van der Waals surface area contributed by atoms with E-state index in [1.165, 1.54) is 6.42 Å². The lowest BCUT2D eigenvalue weighted by atomic mass is 10.4. The van der Waals surface area contributed by atoms with E-state index in [0.29, 0.717) is 11.0 Å². The molecule has 0 heterocycles. The van der Waals surface area contributed by atoms with Crippen LogP contribution in [0, 0.1) is 0 Å². The highest BCUT2D eigenvalue weighted by Crippen LogP contribution is 2.13. The van der Waals surface area contributed by atoms with Gasteiger partial charge in [-0.15, -0.1) is 0 Å². The second kappa shape index (κ2) is 5.78. The summed E-state index contributed by atoms with van der Waals surface area (Å²) in [5, 5.41) is 0.708. The Balaban J connectivity index is 3.11. The first-order chi connectivity index (χ1) is 4.66. The summed E-state index contributed by atoms with van der Waals surface area (Å²) in [6.07, 6.45) is 1.93. The Morgan fingerprint density at radius 3 is 2.60 bits per heavy atom. The average Bonchev–Trinajstić information content (AvgIpc) is 1.87. The first-order valence-corrected chi connectivity index (χ1v) is 4.82. The Labute approximate surface area is 67.6 Å². The van der Waals surface area contributed by atoms with E-state index in [0.717, 1.165) is 12.2 Å². The zero-order chi connectivity index (χ0) is 7.98. The molecule has 1 unspecified atom stereocenters. The second-order valence-corrected chi connectivity index (χ2v) is 4.09. The van der Waals surface area contributed by atoms with Gasteiger partial charge in [0.25, 0.3) is 0 Å². The minimum Gasteiger partial charge on any atom is -0.300 e. The summed E-state index contributed by atoms with van der Waals surface area (Å²) in [7, 11) is 0. The largest absolute Gasteiger partial charge is 0.300 e. The number of hydrogen-bond donors (Lipinski definition) is 0. The Bertz CT molecular complexity index is 101. The van der Waals surface area contributed by atoms with E-state index in [1.54, 1.807) is 6.92 Å². The van der Waals surface area contributed by atoms with E-state index in [2.05, 4.69) is 13.8 Å². The highest BCUT2D eigenvalue weighted by atomic mass is 32.2. The van der Waals surface area contributed by atoms with Crippen molar-refractivity contribution < 1.29 is 4.79 Å². The lowest BCUT2D eigenvalue weighted by Gasteiger charge is -2.05. The van der Waals surface area contributed by atoms with E-state index in [1.807, 2.05) is 11.8 Å². The molecule has 0 aliphatic rings. The fourth-order valence-electron chi connectivity index (χ4n) is 0.522. The predicted molar refractivity (Wildman–Crippen MR) is 47.5 cm³/mol. The predicted octanol–water partition coefficient (Wildman–Crippen LogP) is 2.50. The number of thioether (sulfide) groups is 1. The molecule has 0 aliphatic carbocycles. The van der Waals surface area contributed by atoms with Gasteiger partial charge >= 0.3 is 0 Å². The monoisotopic (exact) mass is 160 g/mol. The van der Waals surface area contributed by atoms with Crippen LogP contribution in [0.2, 0.25) is 0 Å². The van der Waals surface area contributed by atoms with Gasteiger partial charge in [-0.25, -0.2) is 0 Å². The standard InChI is InChI=1S/C8H16OS/c1-4-8(3)10-6-5-7(2)9/h8H,4-6H2,1-3H3. The first kappa shape index (κ1) is 10.0. The molecule has 0 saturated heterocycles. The molecule has 0 spiro atoms. The van der Waals surface area contributed by atoms with E-state index < -0.39 is 0 Å². The zero-order valence-corrected chi connectivity index (χ0v) is 7.83. The van der Waals surface area contributed by atoms with Crippen LogP contribution in [-0.4, -0.2) is 16.8 Å². The Morgan fingerprint density at radius 2 is 2.20 bits per heavy atom. The summed E-state index contributed by atoms with van der Waals surface area (Å²) < 4.78 is 0. The topological polar surface area (TPSA) is 17.1 Å². The van der Waals surface area contributed by atoms with Crippen LogP contribution < -0.4 is 0 Å². The van der Waals surface area contributed by atoms with Crippen molar-refractivity contribution in [3.8, 4) is 0 Å². The third-order valence-corrected chi connectivity index (χ3v) is 2.77. The van der Waals surface area contributed by atoms with Gasteiger partial charge in [-0.3, -0.25) is 4.79 Å². The molecule has 0 N–H and O–H groups in total. The normalized spacial score (nSPS) is 13.1. The lowest BCUT2D eigenvalue weighted by Crippen LogP contribution is -1.98. The van der Waals surface area contributed by atoms with Gasteiger partial charge in [-0.2, -0.15) is 11.8 Å². The van der Waals surface area contributed by atoms with Crippen LogP contribution in [0.25, 0.3) is 0 Å². The third kappa shape index (κ3) is 6.14. The van der Waals surface area contributed by atoms with E-state index in [4.69, 9.17) is 0 Å². The van der Waals surface area contributed by atoms with Gasteiger partial charge in [0.15, 0.2) is 0 Å². The van der Waals surface area contributed by atoms with Crippen molar-refractivity contribution in [3.05, 3.63) is 0 Å². The minimum absolute atomic E-state index is 0.302. The van der Waals surface area contributed by atoms with Crippen LogP contribution in [0.5, 0.6) is 0 Å². The molecule has 0 aromatic heterocycles. The van der Waals surface area contributed by atoms with Crippen molar-refractivity contribution in [3.63, 3.8) is 0 Å². The maximum absolute atomic E-state index is 10.5. The van der Waals surface area contributed by atoms with Crippen LogP contribution in [0.1, 0.15) is 33.6 Å². The zero-order valence-electron chi connectivity index (χ0n) is 7.02. The molecular formula is C8H16OS. The molecule has 0 radical (unpaired) electrons. The number of carbonyl (C=O) groups excluding carboxylic acids is 1. The Hall–Kier alpha value is 0.0200. The van der Waals surface area contributed by atoms with Gasteiger partial charge < -0.3 is 0 Å². The highest BCUT2D eigenvalue weighted by Gasteiger charge is 1.99. The summed E-state index contributed by atoms with van der Waals surface area (Å²) in [6, 6.07) is 0. The SMILES string of the molecule is CCC(C)SCCC(C)=O. The van der Waals surface area contributed by atoms with Gasteiger partial charge in [0.2, 0.25) is 0 Å². The maximum Gasteiger partial charge on any atom is 0.130 e. The molecule has 0 aromatic carbocycles. The van der Waals surface area contributed by atoms with Crippen molar-refractivity contribution in [2.45, 2.75) is 38.9 Å². The van der Waals surface area contributed by atoms with Crippen molar-refractivity contribution in [1.29, 1.82) is 0 Å². The third-order valence-electron chi connectivity index (χ3n) is 1.43. The van der Waals surface area contributed by atoms with Crippen molar-refractivity contribution in [2.24, 2.45) is 0 Å². The number of ketones is 1. The quantitative estimate of drug-likeness (QED) is 0.614. The van der Waals surface area contributed by atoms with Gasteiger partial charge in [0, 0.05) is 17.4 Å². The van der Waals surface area contributed by atoms with Crippen molar-refractivity contribution in [1.82, 2.24) is 0 Å². The molecule has 0 aliphatic heterocycles. The molecule has 0 amide bonds.